The lowest BCUT2D eigenvalue weighted by Crippen LogP contribution is -2.20. The van der Waals surface area contributed by atoms with E-state index in [2.05, 4.69) is 38.5 Å². The van der Waals surface area contributed by atoms with Crippen LogP contribution >= 0.6 is 11.9 Å². The summed E-state index contributed by atoms with van der Waals surface area (Å²) in [4.78, 5) is 0. The molecule has 1 aromatic carbocycles. The number of hydrogen-bond donors (Lipinski definition) is 1. The minimum atomic E-state index is 0.176. The molecule has 86 valence electrons. The monoisotopic (exact) mass is 234 g/mol. The van der Waals surface area contributed by atoms with Gasteiger partial charge in [0.2, 0.25) is 0 Å². The molecule has 1 N–H and O–H groups in total. The molecular formula is C13H18N2S. The standard InChI is InChI=1S/C13H18N2S/c1-10(15-16-13(2,3)4)12-8-6-5-7-11(12)9-14/h5-8,10,15H,1-4H3. The summed E-state index contributed by atoms with van der Waals surface area (Å²) < 4.78 is 3.56. The summed E-state index contributed by atoms with van der Waals surface area (Å²) in [7, 11) is 0. The van der Waals surface area contributed by atoms with Gasteiger partial charge in [0.1, 0.15) is 0 Å². The number of nitrogens with one attached hydrogen (secondary N) is 1. The third kappa shape index (κ3) is 3.88. The van der Waals surface area contributed by atoms with Crippen LogP contribution in [0.25, 0.3) is 0 Å². The zero-order valence-electron chi connectivity index (χ0n) is 10.2. The van der Waals surface area contributed by atoms with Crippen molar-refractivity contribution in [3.63, 3.8) is 0 Å². The Balaban J connectivity index is 2.74. The third-order valence-corrected chi connectivity index (χ3v) is 3.17. The van der Waals surface area contributed by atoms with Crippen molar-refractivity contribution in [2.24, 2.45) is 0 Å². The van der Waals surface area contributed by atoms with Crippen molar-refractivity contribution in [1.29, 1.82) is 5.26 Å². The van der Waals surface area contributed by atoms with Crippen molar-refractivity contribution in [3.05, 3.63) is 35.4 Å². The highest BCUT2D eigenvalue weighted by molar-refractivity contribution is 7.98. The molecule has 0 saturated carbocycles. The fourth-order valence-corrected chi connectivity index (χ4v) is 1.96. The van der Waals surface area contributed by atoms with Gasteiger partial charge in [0, 0.05) is 10.8 Å². The van der Waals surface area contributed by atoms with Gasteiger partial charge in [0.15, 0.2) is 0 Å². The van der Waals surface area contributed by atoms with Crippen LogP contribution in [0.1, 0.15) is 44.9 Å². The summed E-state index contributed by atoms with van der Waals surface area (Å²) >= 11 is 1.70. The van der Waals surface area contributed by atoms with Crippen LogP contribution in [0.15, 0.2) is 24.3 Å². The van der Waals surface area contributed by atoms with Crippen molar-refractivity contribution >= 4 is 11.9 Å². The normalized spacial score (nSPS) is 13.2. The molecule has 0 radical (unpaired) electrons. The smallest absolute Gasteiger partial charge is 0.0995 e. The summed E-state index contributed by atoms with van der Waals surface area (Å²) in [6.45, 7) is 8.56. The van der Waals surface area contributed by atoms with Gasteiger partial charge in [-0.2, -0.15) is 5.26 Å². The fraction of sp³-hybridized carbons (Fsp3) is 0.462. The fourth-order valence-electron chi connectivity index (χ4n) is 1.31. The van der Waals surface area contributed by atoms with Crippen molar-refractivity contribution in [3.8, 4) is 6.07 Å². The molecular weight excluding hydrogens is 216 g/mol. The van der Waals surface area contributed by atoms with Gasteiger partial charge in [-0.25, -0.2) is 0 Å². The Morgan fingerprint density at radius 1 is 1.31 bits per heavy atom. The average Bonchev–Trinajstić information content (AvgIpc) is 2.25. The first-order valence-electron chi connectivity index (χ1n) is 5.36. The Morgan fingerprint density at radius 3 is 2.50 bits per heavy atom. The van der Waals surface area contributed by atoms with Crippen molar-refractivity contribution in [2.45, 2.75) is 38.5 Å². The molecule has 1 aromatic rings. The van der Waals surface area contributed by atoms with Crippen LogP contribution in [0.2, 0.25) is 0 Å². The number of nitrogens with zero attached hydrogens (tertiary/aromatic N) is 1. The molecule has 0 fully saturated rings. The Kier molecular flexibility index (Phi) is 4.40. The van der Waals surface area contributed by atoms with E-state index in [-0.39, 0.29) is 10.8 Å². The van der Waals surface area contributed by atoms with Crippen LogP contribution in [0.3, 0.4) is 0 Å². The van der Waals surface area contributed by atoms with Crippen molar-refractivity contribution in [1.82, 2.24) is 4.72 Å². The Hall–Kier alpha value is -0.980. The van der Waals surface area contributed by atoms with Crippen LogP contribution < -0.4 is 4.72 Å². The van der Waals surface area contributed by atoms with Gasteiger partial charge in [-0.3, -0.25) is 4.72 Å². The van der Waals surface area contributed by atoms with Crippen LogP contribution in [0, 0.1) is 11.3 Å². The van der Waals surface area contributed by atoms with E-state index in [4.69, 9.17) is 5.26 Å². The zero-order chi connectivity index (χ0) is 12.2. The first kappa shape index (κ1) is 13.1. The summed E-state index contributed by atoms with van der Waals surface area (Å²) in [6, 6.07) is 10.1. The second kappa shape index (κ2) is 5.38. The van der Waals surface area contributed by atoms with Crippen LogP contribution in [-0.4, -0.2) is 4.75 Å². The number of benzene rings is 1. The molecule has 16 heavy (non-hydrogen) atoms. The summed E-state index contributed by atoms with van der Waals surface area (Å²) in [5, 5.41) is 9.01. The molecule has 0 spiro atoms. The molecule has 0 aliphatic rings. The first-order chi connectivity index (χ1) is 7.44. The molecule has 0 aromatic heterocycles. The van der Waals surface area contributed by atoms with Gasteiger partial charge >= 0.3 is 0 Å². The first-order valence-corrected chi connectivity index (χ1v) is 6.18. The van der Waals surface area contributed by atoms with Gasteiger partial charge in [0.05, 0.1) is 11.6 Å². The summed E-state index contributed by atoms with van der Waals surface area (Å²) in [5.74, 6) is 0. The van der Waals surface area contributed by atoms with E-state index in [0.717, 1.165) is 11.1 Å². The predicted molar refractivity (Wildman–Crippen MR) is 70.1 cm³/mol. The lowest BCUT2D eigenvalue weighted by molar-refractivity contribution is 0.722. The number of hydrogen-bond acceptors (Lipinski definition) is 3. The molecule has 0 saturated heterocycles. The van der Waals surface area contributed by atoms with Crippen LogP contribution in [0.4, 0.5) is 0 Å². The Labute approximate surface area is 102 Å². The maximum absolute atomic E-state index is 9.01. The Morgan fingerprint density at radius 2 is 1.94 bits per heavy atom. The van der Waals surface area contributed by atoms with E-state index >= 15 is 0 Å². The predicted octanol–water partition coefficient (Wildman–Crippen LogP) is 3.66. The quantitative estimate of drug-likeness (QED) is 0.811. The van der Waals surface area contributed by atoms with Gasteiger partial charge < -0.3 is 0 Å². The SMILES string of the molecule is CC(NSC(C)(C)C)c1ccccc1C#N. The number of rotatable bonds is 3. The van der Waals surface area contributed by atoms with E-state index in [0.29, 0.717) is 0 Å². The largest absolute Gasteiger partial charge is 0.256 e. The van der Waals surface area contributed by atoms with Gasteiger partial charge in [0.25, 0.3) is 0 Å². The Bertz CT molecular complexity index is 388. The van der Waals surface area contributed by atoms with E-state index in [1.54, 1.807) is 11.9 Å². The molecule has 1 unspecified atom stereocenters. The molecule has 0 amide bonds. The van der Waals surface area contributed by atoms with Crippen LogP contribution in [-0.2, 0) is 0 Å². The van der Waals surface area contributed by atoms with Crippen molar-refractivity contribution < 1.29 is 0 Å². The summed E-state index contributed by atoms with van der Waals surface area (Å²) in [5.41, 5.74) is 1.80. The highest BCUT2D eigenvalue weighted by atomic mass is 32.2. The highest BCUT2D eigenvalue weighted by Gasteiger charge is 2.15. The minimum Gasteiger partial charge on any atom is -0.256 e. The van der Waals surface area contributed by atoms with E-state index < -0.39 is 0 Å². The third-order valence-electron chi connectivity index (χ3n) is 2.09. The highest BCUT2D eigenvalue weighted by Crippen LogP contribution is 2.25. The van der Waals surface area contributed by atoms with Gasteiger partial charge in [-0.1, -0.05) is 30.1 Å². The minimum absolute atomic E-state index is 0.176. The molecule has 0 bridgehead atoms. The molecule has 1 rings (SSSR count). The topological polar surface area (TPSA) is 35.8 Å². The lowest BCUT2D eigenvalue weighted by atomic mass is 10.0. The zero-order valence-corrected chi connectivity index (χ0v) is 11.1. The van der Waals surface area contributed by atoms with E-state index in [1.165, 1.54) is 0 Å². The molecule has 0 aliphatic heterocycles. The molecule has 0 aliphatic carbocycles. The van der Waals surface area contributed by atoms with Crippen molar-refractivity contribution in [2.75, 3.05) is 0 Å². The lowest BCUT2D eigenvalue weighted by Gasteiger charge is -2.22. The maximum atomic E-state index is 9.01. The average molecular weight is 234 g/mol. The van der Waals surface area contributed by atoms with Gasteiger partial charge in [-0.15, -0.1) is 0 Å². The molecule has 0 heterocycles. The molecule has 1 atom stereocenters. The maximum Gasteiger partial charge on any atom is 0.0995 e. The molecule has 3 heteroatoms. The van der Waals surface area contributed by atoms with E-state index in [1.807, 2.05) is 24.3 Å². The van der Waals surface area contributed by atoms with Crippen LogP contribution in [0.5, 0.6) is 0 Å². The van der Waals surface area contributed by atoms with Gasteiger partial charge in [-0.05, 0) is 39.3 Å². The second-order valence-electron chi connectivity index (χ2n) is 4.75. The second-order valence-corrected chi connectivity index (χ2v) is 6.42. The number of nitriles is 1. The molecule has 2 nitrogen and oxygen atoms in total. The summed E-state index contributed by atoms with van der Waals surface area (Å²) in [6.07, 6.45) is 0. The van der Waals surface area contributed by atoms with E-state index in [9.17, 15) is 0 Å².